The fourth-order valence-electron chi connectivity index (χ4n) is 4.99. The first-order valence-corrected chi connectivity index (χ1v) is 16.8. The van der Waals surface area contributed by atoms with Crippen LogP contribution in [0.5, 0.6) is 0 Å². The molecule has 312 valence electrons. The number of thiocarbonyl (C=S) groups is 2. The summed E-state index contributed by atoms with van der Waals surface area (Å²) in [6, 6.07) is 33.0. The maximum atomic E-state index is 10.6. The van der Waals surface area contributed by atoms with E-state index in [9.17, 15) is 40.5 Å². The molecule has 0 aliphatic rings. The largest absolute Gasteiger partial charge is 2.00 e. The molecule has 0 aliphatic carbocycles. The van der Waals surface area contributed by atoms with Gasteiger partial charge in [0.1, 0.15) is 0 Å². The average molecular weight is 910 g/mol. The Morgan fingerprint density at radius 1 is 0.393 bits per heavy atom. The second kappa shape index (κ2) is 27.7. The zero-order valence-electron chi connectivity index (χ0n) is 30.9. The zero-order chi connectivity index (χ0) is 42.5. The Labute approximate surface area is 364 Å². The number of nitrogens with zero attached hydrogens (tertiary/aromatic N) is 10. The number of hydrogen-bond donors (Lipinski definition) is 0. The fourth-order valence-corrected chi connectivity index (χ4v) is 4.99. The molecule has 6 N–H and O–H groups in total. The van der Waals surface area contributed by atoms with Crippen LogP contribution < -0.4 is 0 Å². The molecule has 0 spiro atoms. The number of benzene rings is 4. The van der Waals surface area contributed by atoms with Crippen molar-refractivity contribution >= 4 is 101 Å². The van der Waals surface area contributed by atoms with Gasteiger partial charge in [0, 0.05) is 49.1 Å². The van der Waals surface area contributed by atoms with E-state index < -0.39 is 19.7 Å². The third-order valence-electron chi connectivity index (χ3n) is 7.28. The summed E-state index contributed by atoms with van der Waals surface area (Å²) < 4.78 is 0. The molecule has 0 bridgehead atoms. The minimum absolute atomic E-state index is 0. The number of pyridine rings is 4. The monoisotopic (exact) mass is 908 g/mol. The first-order valence-electron chi connectivity index (χ1n) is 15.9. The van der Waals surface area contributed by atoms with Gasteiger partial charge in [-0.05, 0) is 72.8 Å². The van der Waals surface area contributed by atoms with Crippen molar-refractivity contribution in [2.75, 3.05) is 0 Å². The summed E-state index contributed by atoms with van der Waals surface area (Å²) in [5, 5.41) is 61.6. The van der Waals surface area contributed by atoms with Gasteiger partial charge in [0.05, 0.1) is 63.3 Å². The summed E-state index contributed by atoms with van der Waals surface area (Å²) in [7, 11) is 0. The van der Waals surface area contributed by atoms with E-state index in [1.165, 1.54) is 34.6 Å². The predicted molar refractivity (Wildman–Crippen MR) is 235 cm³/mol. The Morgan fingerprint density at radius 2 is 0.574 bits per heavy atom. The van der Waals surface area contributed by atoms with E-state index in [1.54, 1.807) is 122 Å². The Hall–Kier alpha value is -7.87. The molecule has 0 saturated heterocycles. The van der Waals surface area contributed by atoms with Crippen LogP contribution in [-0.4, -0.2) is 50.0 Å². The third-order valence-corrected chi connectivity index (χ3v) is 7.28. The van der Waals surface area contributed by atoms with Gasteiger partial charge >= 0.3 is 16.5 Å². The first-order chi connectivity index (χ1) is 28.0. The predicted octanol–water partition coefficient (Wildman–Crippen LogP) is 8.04. The van der Waals surface area contributed by atoms with Crippen molar-refractivity contribution in [1.29, 1.82) is 0 Å². The number of isothiocyanates is 2. The van der Waals surface area contributed by atoms with Gasteiger partial charge in [-0.25, -0.2) is 0 Å². The van der Waals surface area contributed by atoms with Gasteiger partial charge in [0.25, 0.3) is 22.7 Å². The molecular formula is C38H30N10NiO10S2+2. The molecule has 4 aromatic heterocycles. The van der Waals surface area contributed by atoms with Crippen molar-refractivity contribution in [3.05, 3.63) is 197 Å². The maximum absolute atomic E-state index is 10.6. The molecule has 0 fully saturated rings. The molecule has 20 nitrogen and oxygen atoms in total. The van der Waals surface area contributed by atoms with E-state index >= 15 is 0 Å². The number of rotatable bonds is 4. The molecule has 8 rings (SSSR count). The molecule has 0 amide bonds. The summed E-state index contributed by atoms with van der Waals surface area (Å²) in [5.41, 5.74) is 3.01. The van der Waals surface area contributed by atoms with Gasteiger partial charge in [-0.1, -0.05) is 48.7 Å². The van der Waals surface area contributed by atoms with Crippen molar-refractivity contribution in [3.8, 4) is 0 Å². The van der Waals surface area contributed by atoms with Crippen LogP contribution >= 0.6 is 24.4 Å². The summed E-state index contributed by atoms with van der Waals surface area (Å²) in [6.07, 6.45) is 6.47. The van der Waals surface area contributed by atoms with Crippen LogP contribution in [0.3, 0.4) is 0 Å². The number of non-ortho nitro benzene ring substituents is 4. The molecule has 61 heavy (non-hydrogen) atoms. The summed E-state index contributed by atoms with van der Waals surface area (Å²) >= 11 is 7.40. The van der Waals surface area contributed by atoms with Crippen molar-refractivity contribution in [2.24, 2.45) is 0 Å². The first kappa shape index (κ1) is 53.1. The minimum Gasteiger partial charge on any atom is -0.753 e. The average Bonchev–Trinajstić information content (AvgIpc) is 3.24. The van der Waals surface area contributed by atoms with Gasteiger partial charge in [-0.3, -0.25) is 60.4 Å². The van der Waals surface area contributed by atoms with Crippen LogP contribution in [-0.2, 0) is 27.4 Å². The van der Waals surface area contributed by atoms with E-state index in [4.69, 9.17) is 10.8 Å². The van der Waals surface area contributed by atoms with E-state index in [-0.39, 0.29) is 50.2 Å². The Balaban J connectivity index is 0.000000741. The molecule has 23 heteroatoms. The second-order valence-corrected chi connectivity index (χ2v) is 11.0. The zero-order valence-corrected chi connectivity index (χ0v) is 33.5. The number of hydrogen-bond acceptors (Lipinski definition) is 14. The van der Waals surface area contributed by atoms with E-state index in [0.717, 1.165) is 0 Å². The standard InChI is InChI=1S/4C9H6N2O2.2CNS.Ni.2H2O/c4*12-11(13)9-5-1-4-8-7(9)3-2-6-10-8;2*2-1-3;;;/h4*1-6H;;;;2*1H2/q;;;;2*-1;+2;;/p+2. The van der Waals surface area contributed by atoms with Gasteiger partial charge in [0.2, 0.25) is 0 Å². The fraction of sp³-hybridized carbons (Fsp3) is 0. The van der Waals surface area contributed by atoms with Gasteiger partial charge in [-0.15, -0.1) is 0 Å². The number of nitro benzene ring substituents is 4. The molecule has 4 aromatic carbocycles. The number of nitro groups is 4. The summed E-state index contributed by atoms with van der Waals surface area (Å²) in [5.74, 6) is 0. The van der Waals surface area contributed by atoms with Crippen LogP contribution in [0.15, 0.2) is 146 Å². The maximum Gasteiger partial charge on any atom is 2.00 e. The summed E-state index contributed by atoms with van der Waals surface area (Å²) in [6.45, 7) is 0. The third kappa shape index (κ3) is 15.4. The molecule has 8 aromatic rings. The van der Waals surface area contributed by atoms with E-state index in [1.807, 2.05) is 0 Å². The van der Waals surface area contributed by atoms with Crippen molar-refractivity contribution in [2.45, 2.75) is 0 Å². The topological polar surface area (TPSA) is 335 Å². The molecule has 4 heterocycles. The minimum atomic E-state index is -0.399. The molecular weight excluding hydrogens is 879 g/mol. The second-order valence-electron chi connectivity index (χ2n) is 10.6. The number of fused-ring (bicyclic) bond motifs is 4. The summed E-state index contributed by atoms with van der Waals surface area (Å²) in [4.78, 5) is 56.9. The van der Waals surface area contributed by atoms with Crippen molar-refractivity contribution < 1.29 is 47.1 Å². The van der Waals surface area contributed by atoms with Gasteiger partial charge in [0.15, 0.2) is 0 Å². The number of aromatic nitrogens is 4. The molecule has 0 saturated carbocycles. The SMILES string of the molecule is O=[N+]([O-])c1cccc2ncccc12.O=[N+]([O-])c1cccc2ncccc12.O=[N+]([O-])c1cccc2ncccc12.O=[N+]([O-])c1cccc2ncccc12.[N-]=C=S.[N-]=C=S.[Ni+2].[OH3+].[OH3+]. The molecule has 0 unspecified atom stereocenters. The van der Waals surface area contributed by atoms with E-state index in [0.29, 0.717) is 43.6 Å². The molecule has 0 radical (unpaired) electrons. The van der Waals surface area contributed by atoms with Crippen LogP contribution in [0, 0.1) is 40.5 Å². The van der Waals surface area contributed by atoms with Crippen LogP contribution in [0.1, 0.15) is 0 Å². The smallest absolute Gasteiger partial charge is 0.753 e. The Morgan fingerprint density at radius 3 is 0.738 bits per heavy atom. The van der Waals surface area contributed by atoms with Crippen LogP contribution in [0.25, 0.3) is 54.4 Å². The van der Waals surface area contributed by atoms with E-state index in [2.05, 4.69) is 44.4 Å². The van der Waals surface area contributed by atoms with Crippen LogP contribution in [0.4, 0.5) is 22.7 Å². The quantitative estimate of drug-likeness (QED) is 0.0403. The van der Waals surface area contributed by atoms with Gasteiger partial charge in [-0.2, -0.15) is 10.3 Å². The van der Waals surface area contributed by atoms with Crippen molar-refractivity contribution in [3.63, 3.8) is 0 Å². The molecule has 0 aliphatic heterocycles. The Kier molecular flexibility index (Phi) is 24.1. The normalized spacial score (nSPS) is 8.92. The van der Waals surface area contributed by atoms with Crippen molar-refractivity contribution in [1.82, 2.24) is 19.9 Å². The van der Waals surface area contributed by atoms with Gasteiger partial charge < -0.3 is 21.8 Å². The Bertz CT molecular complexity index is 2420. The molecule has 0 atom stereocenters. The van der Waals surface area contributed by atoms with Crippen LogP contribution in [0.2, 0.25) is 0 Å².